The molecule has 0 spiro atoms. The van der Waals surface area contributed by atoms with Gasteiger partial charge in [0.1, 0.15) is 31.8 Å². The molecule has 244 valence electrons. The van der Waals surface area contributed by atoms with Gasteiger partial charge in [-0.2, -0.15) is 0 Å². The molecule has 0 unspecified atom stereocenters. The molecule has 0 aliphatic carbocycles. The maximum absolute atomic E-state index is 4.70. The van der Waals surface area contributed by atoms with E-state index in [0.29, 0.717) is 12.7 Å². The molecule has 0 fully saturated rings. The van der Waals surface area contributed by atoms with Crippen LogP contribution >= 0.6 is 36.2 Å². The van der Waals surface area contributed by atoms with Gasteiger partial charge in [-0.3, -0.25) is 0 Å². The second kappa shape index (κ2) is 18.7. The number of rotatable bonds is 6. The average molecular weight is 740 g/mol. The van der Waals surface area contributed by atoms with Crippen LogP contribution in [0.1, 0.15) is 33.4 Å². The molecule has 0 aromatic heterocycles. The Morgan fingerprint density at radius 1 is 0.298 bits per heavy atom. The Labute approximate surface area is 299 Å². The molecule has 0 atom stereocenters. The van der Waals surface area contributed by atoms with Crippen molar-refractivity contribution >= 4 is 68.1 Å². The molecule has 0 saturated carbocycles. The van der Waals surface area contributed by atoms with Crippen molar-refractivity contribution in [2.24, 2.45) is 0 Å². The Morgan fingerprint density at radius 3 is 0.553 bits per heavy atom. The molecule has 47 heavy (non-hydrogen) atoms. The third-order valence-corrected chi connectivity index (χ3v) is 15.1. The van der Waals surface area contributed by atoms with Gasteiger partial charge in [0.05, 0.1) is 15.8 Å². The van der Waals surface area contributed by atoms with Crippen LogP contribution in [-0.4, -0.2) is 0 Å². The topological polar surface area (TPSA) is 0 Å². The zero-order chi connectivity index (χ0) is 33.8. The molecule has 6 aromatic carbocycles. The number of halogens is 2. The summed E-state index contributed by atoms with van der Waals surface area (Å²) in [6, 6.07) is 53.1. The first kappa shape index (κ1) is 37.1. The van der Waals surface area contributed by atoms with E-state index in [-0.39, 0.29) is 0 Å². The second-order valence-corrected chi connectivity index (χ2v) is 18.0. The van der Waals surface area contributed by atoms with Crippen LogP contribution in [-0.2, 0) is 12.7 Å². The Bertz CT molecular complexity index is 1530. The molecule has 5 heteroatoms. The molecule has 0 heterocycles. The predicted octanol–water partition coefficient (Wildman–Crippen LogP) is 9.58. The minimum absolute atomic E-state index is 0.569. The molecule has 0 N–H and O–H groups in total. The van der Waals surface area contributed by atoms with Crippen LogP contribution < -0.4 is 31.8 Å². The standard InChI is InChI=1S/2C21H21P.2ClH.Ni/c2*1-16-10-4-7-13-19(16)22(20-14-8-5-11-17(20)2)21-15-9-6-12-18(21)3;;;/h2*4-15H,1-3H3;2*1H;/q;;;;+2. The Balaban J connectivity index is 0.000000197. The number of benzene rings is 6. The van der Waals surface area contributed by atoms with E-state index in [9.17, 15) is 0 Å². The monoisotopic (exact) mass is 738 g/mol. The van der Waals surface area contributed by atoms with Crippen LogP contribution in [0.3, 0.4) is 0 Å². The van der Waals surface area contributed by atoms with Gasteiger partial charge in [0.15, 0.2) is 0 Å². The van der Waals surface area contributed by atoms with Crippen LogP contribution in [0.15, 0.2) is 146 Å². The fourth-order valence-corrected chi connectivity index (χ4v) is 12.2. The second-order valence-electron chi connectivity index (χ2n) is 11.7. The van der Waals surface area contributed by atoms with Gasteiger partial charge in [-0.15, -0.1) is 0 Å². The van der Waals surface area contributed by atoms with Gasteiger partial charge < -0.3 is 0 Å². The first-order valence-corrected chi connectivity index (χ1v) is 21.4. The third kappa shape index (κ3) is 9.67. The van der Waals surface area contributed by atoms with Gasteiger partial charge in [0.2, 0.25) is 0 Å². The van der Waals surface area contributed by atoms with E-state index in [4.69, 9.17) is 20.4 Å². The Morgan fingerprint density at radius 2 is 0.426 bits per heavy atom. The molecule has 6 rings (SSSR count). The van der Waals surface area contributed by atoms with Crippen LogP contribution in [0.2, 0.25) is 0 Å². The fourth-order valence-electron chi connectivity index (χ4n) is 5.99. The summed E-state index contributed by atoms with van der Waals surface area (Å²) in [5, 5.41) is 8.98. The molecule has 0 nitrogen and oxygen atoms in total. The zero-order valence-corrected chi connectivity index (χ0v) is 32.4. The summed E-state index contributed by atoms with van der Waals surface area (Å²) in [7, 11) is 7.47. The summed E-state index contributed by atoms with van der Waals surface area (Å²) in [6.07, 6.45) is 0. The van der Waals surface area contributed by atoms with Crippen LogP contribution in [0.4, 0.5) is 0 Å². The molecular formula is C42H44Cl2NiP2+2. The Hall–Kier alpha value is -2.75. The third-order valence-electron chi connectivity index (χ3n) is 8.49. The summed E-state index contributed by atoms with van der Waals surface area (Å²) >= 11 is 0.569. The minimum atomic E-state index is -0.968. The van der Waals surface area contributed by atoms with E-state index in [0.717, 1.165) is 0 Å². The predicted molar refractivity (Wildman–Crippen MR) is 213 cm³/mol. The van der Waals surface area contributed by atoms with Crippen molar-refractivity contribution in [2.45, 2.75) is 41.5 Å². The fraction of sp³-hybridized carbons (Fsp3) is 0.143. The van der Waals surface area contributed by atoms with Crippen molar-refractivity contribution in [3.05, 3.63) is 179 Å². The molecule has 0 amide bonds. The molecule has 0 saturated heterocycles. The molecule has 0 radical (unpaired) electrons. The van der Waals surface area contributed by atoms with Crippen molar-refractivity contribution in [2.75, 3.05) is 0 Å². The summed E-state index contributed by atoms with van der Waals surface area (Å²) in [5.41, 5.74) is 8.35. The van der Waals surface area contributed by atoms with E-state index in [1.54, 1.807) is 0 Å². The summed E-state index contributed by atoms with van der Waals surface area (Å²) < 4.78 is 0. The van der Waals surface area contributed by atoms with Crippen molar-refractivity contribution in [1.29, 1.82) is 0 Å². The maximum atomic E-state index is 4.70. The van der Waals surface area contributed by atoms with E-state index in [2.05, 4.69) is 187 Å². The summed E-state index contributed by atoms with van der Waals surface area (Å²) in [6.45, 7) is 13.4. The Kier molecular flexibility index (Phi) is 14.8. The molecule has 0 aliphatic heterocycles. The van der Waals surface area contributed by atoms with Gasteiger partial charge in [0.25, 0.3) is 0 Å². The van der Waals surface area contributed by atoms with Crippen molar-refractivity contribution in [3.63, 3.8) is 0 Å². The first-order chi connectivity index (χ1) is 22.8. The summed E-state index contributed by atoms with van der Waals surface area (Å²) in [4.78, 5) is 0. The van der Waals surface area contributed by atoms with E-state index >= 15 is 0 Å². The van der Waals surface area contributed by atoms with Gasteiger partial charge >= 0.3 is 33.0 Å². The number of aryl methyl sites for hydroxylation is 6. The zero-order valence-electron chi connectivity index (χ0n) is 27.9. The van der Waals surface area contributed by atoms with E-state index in [1.807, 2.05) is 0 Å². The van der Waals surface area contributed by atoms with Crippen LogP contribution in [0.25, 0.3) is 0 Å². The average Bonchev–Trinajstić information content (AvgIpc) is 3.07. The number of hydrogen-bond acceptors (Lipinski definition) is 0. The van der Waals surface area contributed by atoms with Crippen molar-refractivity contribution < 1.29 is 12.7 Å². The quantitative estimate of drug-likeness (QED) is 0.118. The van der Waals surface area contributed by atoms with Crippen LogP contribution in [0.5, 0.6) is 0 Å². The van der Waals surface area contributed by atoms with E-state index in [1.165, 1.54) is 65.2 Å². The number of hydrogen-bond donors (Lipinski definition) is 0. The van der Waals surface area contributed by atoms with Gasteiger partial charge in [-0.1, -0.05) is 109 Å². The van der Waals surface area contributed by atoms with Gasteiger partial charge in [-0.25, -0.2) is 0 Å². The van der Waals surface area contributed by atoms with E-state index < -0.39 is 15.8 Å². The SMILES string of the molecule is Cc1ccccc1[PH+](c1ccccc1C)c1ccccc1C.Cc1ccccc1[PH+](c1ccccc1C)c1ccccc1C.[Cl][Ni][Cl]. The van der Waals surface area contributed by atoms with Gasteiger partial charge in [-0.05, 0) is 111 Å². The van der Waals surface area contributed by atoms with Gasteiger partial charge in [0, 0.05) is 0 Å². The first-order valence-electron chi connectivity index (χ1n) is 15.7. The van der Waals surface area contributed by atoms with Crippen molar-refractivity contribution in [1.82, 2.24) is 0 Å². The molecule has 0 bridgehead atoms. The molecule has 0 aliphatic rings. The molecular weight excluding hydrogens is 696 g/mol. The van der Waals surface area contributed by atoms with Crippen LogP contribution in [0, 0.1) is 41.5 Å². The normalized spacial score (nSPS) is 10.7. The molecule has 6 aromatic rings. The van der Waals surface area contributed by atoms with Crippen molar-refractivity contribution in [3.8, 4) is 0 Å². The summed E-state index contributed by atoms with van der Waals surface area (Å²) in [5.74, 6) is 0.